The van der Waals surface area contributed by atoms with E-state index in [0.29, 0.717) is 0 Å². The van der Waals surface area contributed by atoms with Gasteiger partial charge in [0.15, 0.2) is 0 Å². The molecule has 0 saturated carbocycles. The predicted octanol–water partition coefficient (Wildman–Crippen LogP) is 3.33. The number of nitrogens with one attached hydrogen (secondary N) is 1. The first-order chi connectivity index (χ1) is 9.40. The molecule has 114 valence electrons. The van der Waals surface area contributed by atoms with Crippen LogP contribution in [0.2, 0.25) is 0 Å². The number of ether oxygens (including phenoxy) is 2. The van der Waals surface area contributed by atoms with Gasteiger partial charge < -0.3 is 14.8 Å². The lowest BCUT2D eigenvalue weighted by molar-refractivity contribution is -0.0112. The fraction of sp³-hybridized carbons (Fsp3) is 0.688. The molecular formula is C16H28N2O2. The maximum absolute atomic E-state index is 5.72. The highest BCUT2D eigenvalue weighted by molar-refractivity contribution is 5.28. The van der Waals surface area contributed by atoms with E-state index < -0.39 is 0 Å². The molecule has 1 atom stereocenters. The Morgan fingerprint density at radius 2 is 2.00 bits per heavy atom. The summed E-state index contributed by atoms with van der Waals surface area (Å²) in [5, 5.41) is 3.54. The standard InChI is InChI=1S/C16H28N2O2/c1-7-8-18-15(16(4,5)19-6)13-9-14(11-17-10-13)20-12(2)3/h9-12,15,18H,7-8H2,1-6H3. The van der Waals surface area contributed by atoms with E-state index in [1.54, 1.807) is 13.3 Å². The van der Waals surface area contributed by atoms with Crippen LogP contribution in [-0.2, 0) is 4.74 Å². The molecule has 1 aromatic heterocycles. The van der Waals surface area contributed by atoms with Gasteiger partial charge in [0.05, 0.1) is 23.9 Å². The van der Waals surface area contributed by atoms with Crippen LogP contribution in [0.25, 0.3) is 0 Å². The van der Waals surface area contributed by atoms with E-state index in [9.17, 15) is 0 Å². The molecule has 0 saturated heterocycles. The van der Waals surface area contributed by atoms with Gasteiger partial charge in [-0.2, -0.15) is 0 Å². The Bertz CT molecular complexity index is 405. The Hall–Kier alpha value is -1.13. The van der Waals surface area contributed by atoms with Crippen LogP contribution in [0, 0.1) is 0 Å². The van der Waals surface area contributed by atoms with Crippen molar-refractivity contribution in [3.8, 4) is 5.75 Å². The fourth-order valence-electron chi connectivity index (χ4n) is 2.10. The van der Waals surface area contributed by atoms with Crippen LogP contribution in [0.1, 0.15) is 52.6 Å². The zero-order valence-electron chi connectivity index (χ0n) is 13.6. The molecule has 0 amide bonds. The predicted molar refractivity (Wildman–Crippen MR) is 82.1 cm³/mol. The summed E-state index contributed by atoms with van der Waals surface area (Å²) in [5.74, 6) is 0.799. The lowest BCUT2D eigenvalue weighted by Gasteiger charge is -2.34. The van der Waals surface area contributed by atoms with E-state index in [0.717, 1.165) is 24.3 Å². The lowest BCUT2D eigenvalue weighted by Crippen LogP contribution is -2.41. The first kappa shape index (κ1) is 16.9. The van der Waals surface area contributed by atoms with Gasteiger partial charge in [-0.1, -0.05) is 6.92 Å². The fourth-order valence-corrected chi connectivity index (χ4v) is 2.10. The van der Waals surface area contributed by atoms with Crippen LogP contribution < -0.4 is 10.1 Å². The van der Waals surface area contributed by atoms with E-state index in [1.165, 1.54) is 0 Å². The number of hydrogen-bond donors (Lipinski definition) is 1. The lowest BCUT2D eigenvalue weighted by atomic mass is 9.92. The van der Waals surface area contributed by atoms with Gasteiger partial charge in [-0.25, -0.2) is 0 Å². The monoisotopic (exact) mass is 280 g/mol. The zero-order valence-corrected chi connectivity index (χ0v) is 13.6. The van der Waals surface area contributed by atoms with Crippen molar-refractivity contribution < 1.29 is 9.47 Å². The van der Waals surface area contributed by atoms with Crippen molar-refractivity contribution in [2.45, 2.75) is 58.8 Å². The zero-order chi connectivity index (χ0) is 15.2. The van der Waals surface area contributed by atoms with Crippen LogP contribution in [0.4, 0.5) is 0 Å². The van der Waals surface area contributed by atoms with E-state index in [4.69, 9.17) is 9.47 Å². The molecule has 4 heteroatoms. The highest BCUT2D eigenvalue weighted by Gasteiger charge is 2.30. The Labute approximate surface area is 122 Å². The van der Waals surface area contributed by atoms with Crippen molar-refractivity contribution in [3.63, 3.8) is 0 Å². The second kappa shape index (κ2) is 7.60. The van der Waals surface area contributed by atoms with Gasteiger partial charge in [-0.3, -0.25) is 4.98 Å². The normalized spacial score (nSPS) is 13.6. The molecule has 0 aliphatic heterocycles. The Morgan fingerprint density at radius 1 is 1.30 bits per heavy atom. The van der Waals surface area contributed by atoms with Crippen molar-refractivity contribution in [1.82, 2.24) is 10.3 Å². The Morgan fingerprint density at radius 3 is 2.55 bits per heavy atom. The third kappa shape index (κ3) is 4.76. The maximum atomic E-state index is 5.72. The minimum atomic E-state index is -0.312. The molecule has 0 spiro atoms. The van der Waals surface area contributed by atoms with Crippen molar-refractivity contribution in [2.75, 3.05) is 13.7 Å². The highest BCUT2D eigenvalue weighted by atomic mass is 16.5. The van der Waals surface area contributed by atoms with E-state index >= 15 is 0 Å². The minimum Gasteiger partial charge on any atom is -0.489 e. The molecule has 0 fully saturated rings. The Kier molecular flexibility index (Phi) is 6.43. The van der Waals surface area contributed by atoms with Gasteiger partial charge in [-0.05, 0) is 52.3 Å². The first-order valence-electron chi connectivity index (χ1n) is 7.30. The third-order valence-corrected chi connectivity index (χ3v) is 3.26. The number of pyridine rings is 1. The second-order valence-corrected chi connectivity index (χ2v) is 5.82. The van der Waals surface area contributed by atoms with Crippen LogP contribution in [0.3, 0.4) is 0 Å². The molecule has 1 unspecified atom stereocenters. The van der Waals surface area contributed by atoms with Crippen molar-refractivity contribution >= 4 is 0 Å². The van der Waals surface area contributed by atoms with Gasteiger partial charge in [0.2, 0.25) is 0 Å². The molecule has 1 rings (SSSR count). The first-order valence-corrected chi connectivity index (χ1v) is 7.30. The summed E-state index contributed by atoms with van der Waals surface area (Å²) < 4.78 is 11.4. The summed E-state index contributed by atoms with van der Waals surface area (Å²) in [5.41, 5.74) is 0.774. The molecule has 1 heterocycles. The van der Waals surface area contributed by atoms with Gasteiger partial charge in [-0.15, -0.1) is 0 Å². The number of nitrogens with zero attached hydrogens (tertiary/aromatic N) is 1. The van der Waals surface area contributed by atoms with Gasteiger partial charge in [0.25, 0.3) is 0 Å². The molecule has 0 radical (unpaired) electrons. The average molecular weight is 280 g/mol. The number of hydrogen-bond acceptors (Lipinski definition) is 4. The van der Waals surface area contributed by atoms with E-state index in [1.807, 2.05) is 26.1 Å². The Balaban J connectivity index is 3.00. The summed E-state index contributed by atoms with van der Waals surface area (Å²) in [6.45, 7) is 11.3. The SMILES string of the molecule is CCCNC(c1cncc(OC(C)C)c1)C(C)(C)OC. The summed E-state index contributed by atoms with van der Waals surface area (Å²) in [6.07, 6.45) is 4.84. The summed E-state index contributed by atoms with van der Waals surface area (Å²) in [6, 6.07) is 2.12. The van der Waals surface area contributed by atoms with Crippen LogP contribution >= 0.6 is 0 Å². The van der Waals surface area contributed by atoms with Crippen LogP contribution in [0.5, 0.6) is 5.75 Å². The second-order valence-electron chi connectivity index (χ2n) is 5.82. The summed E-state index contributed by atoms with van der Waals surface area (Å²) in [4.78, 5) is 4.29. The molecule has 0 aliphatic carbocycles. The number of aromatic nitrogens is 1. The van der Waals surface area contributed by atoms with Crippen LogP contribution in [-0.4, -0.2) is 30.3 Å². The van der Waals surface area contributed by atoms with Crippen molar-refractivity contribution in [1.29, 1.82) is 0 Å². The van der Waals surface area contributed by atoms with E-state index in [2.05, 4.69) is 31.1 Å². The molecule has 0 aromatic carbocycles. The third-order valence-electron chi connectivity index (χ3n) is 3.26. The van der Waals surface area contributed by atoms with Crippen LogP contribution in [0.15, 0.2) is 18.5 Å². The molecule has 0 aliphatic rings. The smallest absolute Gasteiger partial charge is 0.138 e. The van der Waals surface area contributed by atoms with E-state index in [-0.39, 0.29) is 17.7 Å². The van der Waals surface area contributed by atoms with Gasteiger partial charge in [0.1, 0.15) is 5.75 Å². The topological polar surface area (TPSA) is 43.4 Å². The van der Waals surface area contributed by atoms with Gasteiger partial charge in [0, 0.05) is 13.3 Å². The number of rotatable bonds is 8. The summed E-state index contributed by atoms with van der Waals surface area (Å²) >= 11 is 0. The molecule has 0 bridgehead atoms. The number of methoxy groups -OCH3 is 1. The molecule has 4 nitrogen and oxygen atoms in total. The molecular weight excluding hydrogens is 252 g/mol. The molecule has 20 heavy (non-hydrogen) atoms. The van der Waals surface area contributed by atoms with Gasteiger partial charge >= 0.3 is 0 Å². The van der Waals surface area contributed by atoms with Crippen molar-refractivity contribution in [3.05, 3.63) is 24.0 Å². The molecule has 1 aromatic rings. The summed E-state index contributed by atoms with van der Waals surface area (Å²) in [7, 11) is 1.74. The maximum Gasteiger partial charge on any atom is 0.138 e. The average Bonchev–Trinajstić information content (AvgIpc) is 2.38. The molecule has 1 N–H and O–H groups in total. The van der Waals surface area contributed by atoms with Crippen molar-refractivity contribution in [2.24, 2.45) is 0 Å². The quantitative estimate of drug-likeness (QED) is 0.793. The minimum absolute atomic E-state index is 0.0793. The highest BCUT2D eigenvalue weighted by Crippen LogP contribution is 2.30. The largest absolute Gasteiger partial charge is 0.489 e.